The lowest BCUT2D eigenvalue weighted by Gasteiger charge is -2.18. The standard InChI is InChI=1S/C21H31F3N4O2/c1-15(17-5-4-6-18(11-17)21(22,23)24)7-9-25-20(27-13-19(29)28(2)3)26-12-16-8-10-30-14-16/h4-6,11,15-16H,7-10,12-14H2,1-3H3,(H2,25,26,27). The van der Waals surface area contributed by atoms with Crippen molar-refractivity contribution in [1.29, 1.82) is 0 Å². The van der Waals surface area contributed by atoms with Crippen LogP contribution < -0.4 is 10.6 Å². The summed E-state index contributed by atoms with van der Waals surface area (Å²) in [5, 5.41) is 6.43. The zero-order valence-corrected chi connectivity index (χ0v) is 17.8. The lowest BCUT2D eigenvalue weighted by molar-refractivity contribution is -0.137. The van der Waals surface area contributed by atoms with Gasteiger partial charge in [0.25, 0.3) is 0 Å². The van der Waals surface area contributed by atoms with Gasteiger partial charge in [-0.05, 0) is 30.4 Å². The Morgan fingerprint density at radius 3 is 2.73 bits per heavy atom. The number of hydrogen-bond acceptors (Lipinski definition) is 3. The van der Waals surface area contributed by atoms with E-state index in [9.17, 15) is 18.0 Å². The molecule has 6 nitrogen and oxygen atoms in total. The zero-order valence-electron chi connectivity index (χ0n) is 17.8. The van der Waals surface area contributed by atoms with Gasteiger partial charge in [-0.15, -0.1) is 0 Å². The SMILES string of the molecule is CC(CCNC(=NCC(=O)N(C)C)NCC1CCOC1)c1cccc(C(F)(F)F)c1. The fraction of sp³-hybridized carbons (Fsp3) is 0.619. The number of benzene rings is 1. The molecule has 0 aromatic heterocycles. The summed E-state index contributed by atoms with van der Waals surface area (Å²) in [4.78, 5) is 17.6. The predicted octanol–water partition coefficient (Wildman–Crippen LogP) is 2.86. The van der Waals surface area contributed by atoms with Crippen LogP contribution in [0.2, 0.25) is 0 Å². The molecule has 2 atom stereocenters. The largest absolute Gasteiger partial charge is 0.416 e. The second kappa shape index (κ2) is 11.2. The highest BCUT2D eigenvalue weighted by atomic mass is 19.4. The minimum atomic E-state index is -4.35. The highest BCUT2D eigenvalue weighted by Gasteiger charge is 2.30. The van der Waals surface area contributed by atoms with Crippen LogP contribution >= 0.6 is 0 Å². The number of halogens is 3. The number of amides is 1. The summed E-state index contributed by atoms with van der Waals surface area (Å²) >= 11 is 0. The lowest BCUT2D eigenvalue weighted by Crippen LogP contribution is -2.41. The maximum atomic E-state index is 12.9. The van der Waals surface area contributed by atoms with Crippen molar-refractivity contribution in [2.24, 2.45) is 10.9 Å². The Morgan fingerprint density at radius 1 is 1.33 bits per heavy atom. The van der Waals surface area contributed by atoms with Gasteiger partial charge in [-0.2, -0.15) is 13.2 Å². The average molecular weight is 428 g/mol. The summed E-state index contributed by atoms with van der Waals surface area (Å²) in [7, 11) is 3.34. The molecular weight excluding hydrogens is 397 g/mol. The van der Waals surface area contributed by atoms with E-state index < -0.39 is 11.7 Å². The Hall–Kier alpha value is -2.29. The minimum absolute atomic E-state index is 0.0205. The van der Waals surface area contributed by atoms with Crippen LogP contribution in [0.1, 0.15) is 36.8 Å². The summed E-state index contributed by atoms with van der Waals surface area (Å²) in [6.07, 6.45) is -2.75. The molecule has 0 radical (unpaired) electrons. The van der Waals surface area contributed by atoms with Crippen LogP contribution in [0.5, 0.6) is 0 Å². The quantitative estimate of drug-likeness (QED) is 0.494. The molecule has 1 amide bonds. The van der Waals surface area contributed by atoms with Gasteiger partial charge in [0.05, 0.1) is 12.2 Å². The summed E-state index contributed by atoms with van der Waals surface area (Å²) in [5.41, 5.74) is 0.00803. The van der Waals surface area contributed by atoms with Crippen molar-refractivity contribution in [2.45, 2.75) is 31.9 Å². The van der Waals surface area contributed by atoms with Gasteiger partial charge in [-0.25, -0.2) is 4.99 Å². The molecule has 1 aliphatic heterocycles. The highest BCUT2D eigenvalue weighted by molar-refractivity contribution is 5.84. The topological polar surface area (TPSA) is 66.0 Å². The number of carbonyl (C=O) groups is 1. The van der Waals surface area contributed by atoms with Crippen molar-refractivity contribution in [3.63, 3.8) is 0 Å². The van der Waals surface area contributed by atoms with Crippen molar-refractivity contribution < 1.29 is 22.7 Å². The number of guanidine groups is 1. The number of nitrogens with one attached hydrogen (secondary N) is 2. The molecule has 0 saturated carbocycles. The Labute approximate surface area is 175 Å². The van der Waals surface area contributed by atoms with Crippen LogP contribution in [-0.4, -0.2) is 63.7 Å². The zero-order chi connectivity index (χ0) is 22.1. The molecule has 1 saturated heterocycles. The first-order chi connectivity index (χ1) is 14.2. The molecule has 30 heavy (non-hydrogen) atoms. The summed E-state index contributed by atoms with van der Waals surface area (Å²) in [6.45, 7) is 4.56. The predicted molar refractivity (Wildman–Crippen MR) is 110 cm³/mol. The monoisotopic (exact) mass is 428 g/mol. The van der Waals surface area contributed by atoms with E-state index in [1.807, 2.05) is 6.92 Å². The van der Waals surface area contributed by atoms with Gasteiger partial charge in [0.15, 0.2) is 5.96 Å². The van der Waals surface area contributed by atoms with E-state index in [1.165, 1.54) is 17.0 Å². The van der Waals surface area contributed by atoms with Gasteiger partial charge in [-0.1, -0.05) is 25.1 Å². The van der Waals surface area contributed by atoms with E-state index in [1.54, 1.807) is 20.2 Å². The molecule has 1 aromatic rings. The summed E-state index contributed by atoms with van der Waals surface area (Å²) < 4.78 is 44.2. The van der Waals surface area contributed by atoms with Gasteiger partial charge >= 0.3 is 6.18 Å². The normalized spacial score (nSPS) is 18.2. The first-order valence-electron chi connectivity index (χ1n) is 10.1. The maximum absolute atomic E-state index is 12.9. The van der Waals surface area contributed by atoms with Crippen LogP contribution in [0.15, 0.2) is 29.3 Å². The van der Waals surface area contributed by atoms with Gasteiger partial charge in [-0.3, -0.25) is 4.79 Å². The summed E-state index contributed by atoms with van der Waals surface area (Å²) in [5.74, 6) is 0.740. The molecule has 2 N–H and O–H groups in total. The van der Waals surface area contributed by atoms with Crippen LogP contribution in [-0.2, 0) is 15.7 Å². The van der Waals surface area contributed by atoms with Crippen molar-refractivity contribution in [1.82, 2.24) is 15.5 Å². The Balaban J connectivity index is 1.91. The third-order valence-corrected chi connectivity index (χ3v) is 5.11. The second-order valence-corrected chi connectivity index (χ2v) is 7.80. The Kier molecular flexibility index (Phi) is 8.95. The van der Waals surface area contributed by atoms with Crippen molar-refractivity contribution >= 4 is 11.9 Å². The molecule has 2 unspecified atom stereocenters. The number of alkyl halides is 3. The molecule has 0 bridgehead atoms. The van der Waals surface area contributed by atoms with Crippen LogP contribution in [0.4, 0.5) is 13.2 Å². The van der Waals surface area contributed by atoms with Crippen LogP contribution in [0, 0.1) is 5.92 Å². The fourth-order valence-corrected chi connectivity index (χ4v) is 3.04. The van der Waals surface area contributed by atoms with E-state index >= 15 is 0 Å². The maximum Gasteiger partial charge on any atom is 0.416 e. The van der Waals surface area contributed by atoms with Crippen molar-refractivity contribution in [3.05, 3.63) is 35.4 Å². The third kappa shape index (κ3) is 7.85. The van der Waals surface area contributed by atoms with E-state index in [0.29, 0.717) is 43.6 Å². The van der Waals surface area contributed by atoms with E-state index in [-0.39, 0.29) is 18.4 Å². The second-order valence-electron chi connectivity index (χ2n) is 7.80. The van der Waals surface area contributed by atoms with E-state index in [2.05, 4.69) is 15.6 Å². The first-order valence-corrected chi connectivity index (χ1v) is 10.1. The summed E-state index contributed by atoms with van der Waals surface area (Å²) in [6, 6.07) is 5.43. The molecule has 9 heteroatoms. The highest BCUT2D eigenvalue weighted by Crippen LogP contribution is 2.31. The number of ether oxygens (including phenoxy) is 1. The van der Waals surface area contributed by atoms with Gasteiger partial charge in [0.2, 0.25) is 5.91 Å². The molecule has 0 aliphatic carbocycles. The average Bonchev–Trinajstić information content (AvgIpc) is 3.22. The Morgan fingerprint density at radius 2 is 2.10 bits per heavy atom. The molecule has 2 rings (SSSR count). The van der Waals surface area contributed by atoms with Crippen molar-refractivity contribution in [3.8, 4) is 0 Å². The number of likely N-dealkylation sites (N-methyl/N-ethyl adjacent to an activating group) is 1. The molecule has 1 aliphatic rings. The molecule has 168 valence electrons. The number of carbonyl (C=O) groups excluding carboxylic acids is 1. The number of nitrogens with zero attached hydrogens (tertiary/aromatic N) is 2. The molecule has 1 heterocycles. The van der Waals surface area contributed by atoms with Crippen LogP contribution in [0.25, 0.3) is 0 Å². The molecule has 0 spiro atoms. The van der Waals surface area contributed by atoms with Gasteiger partial charge < -0.3 is 20.3 Å². The van der Waals surface area contributed by atoms with Crippen molar-refractivity contribution in [2.75, 3.05) is 46.9 Å². The van der Waals surface area contributed by atoms with E-state index in [4.69, 9.17) is 4.74 Å². The third-order valence-electron chi connectivity index (χ3n) is 5.11. The van der Waals surface area contributed by atoms with Crippen LogP contribution in [0.3, 0.4) is 0 Å². The molecular formula is C21H31F3N4O2. The molecule has 1 aromatic carbocycles. The first kappa shape index (κ1) is 24.0. The fourth-order valence-electron chi connectivity index (χ4n) is 3.04. The van der Waals surface area contributed by atoms with Gasteiger partial charge in [0, 0.05) is 39.7 Å². The Bertz CT molecular complexity index is 716. The van der Waals surface area contributed by atoms with Gasteiger partial charge in [0.1, 0.15) is 6.54 Å². The number of hydrogen-bond donors (Lipinski definition) is 2. The number of rotatable bonds is 8. The smallest absolute Gasteiger partial charge is 0.381 e. The minimum Gasteiger partial charge on any atom is -0.381 e. The molecule has 1 fully saturated rings. The lowest BCUT2D eigenvalue weighted by atomic mass is 9.96. The number of aliphatic imine (C=N–C) groups is 1. The van der Waals surface area contributed by atoms with E-state index in [0.717, 1.165) is 19.1 Å².